The molecule has 0 N–H and O–H groups in total. The van der Waals surface area contributed by atoms with Gasteiger partial charge in [-0.1, -0.05) is 12.8 Å². The molecular weight excluding hydrogens is 260 g/mol. The van der Waals surface area contributed by atoms with E-state index in [9.17, 15) is 5.26 Å². The van der Waals surface area contributed by atoms with Gasteiger partial charge in [-0.15, -0.1) is 0 Å². The number of aromatic nitrogens is 1. The number of pyridine rings is 1. The smallest absolute Gasteiger partial charge is 0.146 e. The first kappa shape index (κ1) is 14.2. The van der Waals surface area contributed by atoms with E-state index in [4.69, 9.17) is 4.98 Å². The highest BCUT2D eigenvalue weighted by Gasteiger charge is 2.24. The number of nitrogens with zero attached hydrogens (tertiary/aromatic N) is 4. The highest BCUT2D eigenvalue weighted by Crippen LogP contribution is 2.32. The number of nitriles is 1. The van der Waals surface area contributed by atoms with Crippen LogP contribution in [0.25, 0.3) is 0 Å². The minimum Gasteiger partial charge on any atom is -0.373 e. The van der Waals surface area contributed by atoms with Crippen molar-refractivity contribution < 1.29 is 0 Å². The number of hydrogen-bond donors (Lipinski definition) is 0. The van der Waals surface area contributed by atoms with Gasteiger partial charge in [0.2, 0.25) is 0 Å². The maximum Gasteiger partial charge on any atom is 0.146 e. The third-order valence-electron chi connectivity index (χ3n) is 4.91. The van der Waals surface area contributed by atoms with E-state index in [2.05, 4.69) is 29.8 Å². The predicted octanol–water partition coefficient (Wildman–Crippen LogP) is 2.96. The van der Waals surface area contributed by atoms with Gasteiger partial charge < -0.3 is 9.80 Å². The Labute approximate surface area is 127 Å². The lowest BCUT2D eigenvalue weighted by atomic mass is 10.1. The highest BCUT2D eigenvalue weighted by molar-refractivity contribution is 5.66. The van der Waals surface area contributed by atoms with Crippen molar-refractivity contribution in [2.24, 2.45) is 5.92 Å². The summed E-state index contributed by atoms with van der Waals surface area (Å²) < 4.78 is 0. The summed E-state index contributed by atoms with van der Waals surface area (Å²) in [4.78, 5) is 9.36. The van der Waals surface area contributed by atoms with Crippen LogP contribution in [0, 0.1) is 17.2 Å². The van der Waals surface area contributed by atoms with Gasteiger partial charge in [-0.3, -0.25) is 0 Å². The first-order valence-electron chi connectivity index (χ1n) is 8.13. The second-order valence-corrected chi connectivity index (χ2v) is 6.30. The molecule has 3 rings (SSSR count). The number of rotatable bonds is 4. The van der Waals surface area contributed by atoms with Gasteiger partial charge in [-0.05, 0) is 31.7 Å². The SMILES string of the molecule is CCN(CC1CCCC1)c1nc2c(cc1C#N)N(C)CC2. The van der Waals surface area contributed by atoms with Crippen LogP contribution in [0.15, 0.2) is 6.07 Å². The topological polar surface area (TPSA) is 43.2 Å². The van der Waals surface area contributed by atoms with Crippen LogP contribution < -0.4 is 9.80 Å². The molecule has 0 amide bonds. The van der Waals surface area contributed by atoms with Crippen LogP contribution in [0.4, 0.5) is 11.5 Å². The Balaban J connectivity index is 1.90. The van der Waals surface area contributed by atoms with E-state index in [1.807, 2.05) is 6.07 Å². The van der Waals surface area contributed by atoms with Crippen LogP contribution in [0.1, 0.15) is 43.9 Å². The quantitative estimate of drug-likeness (QED) is 0.852. The normalized spacial score (nSPS) is 17.9. The van der Waals surface area contributed by atoms with Crippen molar-refractivity contribution in [2.45, 2.75) is 39.0 Å². The van der Waals surface area contributed by atoms with Gasteiger partial charge >= 0.3 is 0 Å². The van der Waals surface area contributed by atoms with Crippen molar-refractivity contribution in [2.75, 3.05) is 36.5 Å². The molecule has 2 heterocycles. The standard InChI is InChI=1S/C17H24N4/c1-3-21(12-13-6-4-5-7-13)17-14(11-18)10-16-15(19-17)8-9-20(16)2/h10,13H,3-9,12H2,1-2H3. The van der Waals surface area contributed by atoms with Crippen molar-refractivity contribution in [3.8, 4) is 6.07 Å². The van der Waals surface area contributed by atoms with Gasteiger partial charge in [-0.25, -0.2) is 4.98 Å². The van der Waals surface area contributed by atoms with Crippen molar-refractivity contribution >= 4 is 11.5 Å². The van der Waals surface area contributed by atoms with E-state index in [1.54, 1.807) is 0 Å². The lowest BCUT2D eigenvalue weighted by Gasteiger charge is -2.27. The minimum atomic E-state index is 0.724. The van der Waals surface area contributed by atoms with E-state index in [1.165, 1.54) is 25.7 Å². The molecule has 1 fully saturated rings. The molecule has 0 radical (unpaired) electrons. The van der Waals surface area contributed by atoms with E-state index in [0.29, 0.717) is 0 Å². The molecule has 0 atom stereocenters. The number of hydrogen-bond acceptors (Lipinski definition) is 4. The van der Waals surface area contributed by atoms with E-state index in [0.717, 1.165) is 54.7 Å². The first-order valence-corrected chi connectivity index (χ1v) is 8.13. The Kier molecular flexibility index (Phi) is 4.01. The summed E-state index contributed by atoms with van der Waals surface area (Å²) in [6, 6.07) is 4.38. The molecule has 2 aliphatic rings. The fraction of sp³-hybridized carbons (Fsp3) is 0.647. The molecule has 0 spiro atoms. The van der Waals surface area contributed by atoms with Crippen LogP contribution in [0.5, 0.6) is 0 Å². The average molecular weight is 284 g/mol. The summed E-state index contributed by atoms with van der Waals surface area (Å²) in [5, 5.41) is 9.51. The molecule has 1 aliphatic carbocycles. The third kappa shape index (κ3) is 2.70. The fourth-order valence-corrected chi connectivity index (χ4v) is 3.63. The summed E-state index contributed by atoms with van der Waals surface area (Å²) in [5.41, 5.74) is 3.01. The largest absolute Gasteiger partial charge is 0.373 e. The third-order valence-corrected chi connectivity index (χ3v) is 4.91. The monoisotopic (exact) mass is 284 g/mol. The first-order chi connectivity index (χ1) is 10.2. The molecule has 0 aromatic carbocycles. The molecule has 4 heteroatoms. The van der Waals surface area contributed by atoms with E-state index >= 15 is 0 Å². The summed E-state index contributed by atoms with van der Waals surface area (Å²) in [6.07, 6.45) is 6.36. The van der Waals surface area contributed by atoms with Gasteiger partial charge in [0, 0.05) is 33.1 Å². The number of fused-ring (bicyclic) bond motifs is 1. The van der Waals surface area contributed by atoms with Crippen molar-refractivity contribution in [3.05, 3.63) is 17.3 Å². The Morgan fingerprint density at radius 3 is 2.86 bits per heavy atom. The van der Waals surface area contributed by atoms with Gasteiger partial charge in [0.1, 0.15) is 11.9 Å². The zero-order valence-corrected chi connectivity index (χ0v) is 13.1. The van der Waals surface area contributed by atoms with Crippen molar-refractivity contribution in [1.29, 1.82) is 5.26 Å². The molecule has 1 aromatic heterocycles. The summed E-state index contributed by atoms with van der Waals surface area (Å²) in [5.74, 6) is 1.68. The number of anilines is 2. The van der Waals surface area contributed by atoms with Crippen LogP contribution >= 0.6 is 0 Å². The molecule has 112 valence electrons. The average Bonchev–Trinajstić information content (AvgIpc) is 3.14. The molecule has 4 nitrogen and oxygen atoms in total. The van der Waals surface area contributed by atoms with Crippen LogP contribution in [0.2, 0.25) is 0 Å². The Morgan fingerprint density at radius 1 is 1.43 bits per heavy atom. The van der Waals surface area contributed by atoms with Crippen molar-refractivity contribution in [1.82, 2.24) is 4.98 Å². The zero-order valence-electron chi connectivity index (χ0n) is 13.1. The van der Waals surface area contributed by atoms with Gasteiger partial charge in [-0.2, -0.15) is 5.26 Å². The molecule has 1 saturated carbocycles. The molecule has 1 aliphatic heterocycles. The maximum absolute atomic E-state index is 9.51. The second-order valence-electron chi connectivity index (χ2n) is 6.30. The molecule has 0 bridgehead atoms. The minimum absolute atomic E-state index is 0.724. The van der Waals surface area contributed by atoms with Gasteiger partial charge in [0.05, 0.1) is 16.9 Å². The molecule has 1 aromatic rings. The van der Waals surface area contributed by atoms with Gasteiger partial charge in [0.15, 0.2) is 0 Å². The fourth-order valence-electron chi connectivity index (χ4n) is 3.63. The predicted molar refractivity (Wildman–Crippen MR) is 85.8 cm³/mol. The zero-order chi connectivity index (χ0) is 14.8. The second kappa shape index (κ2) is 5.93. The summed E-state index contributed by atoms with van der Waals surface area (Å²) in [7, 11) is 2.07. The van der Waals surface area contributed by atoms with Crippen LogP contribution in [-0.2, 0) is 6.42 Å². The lowest BCUT2D eigenvalue weighted by molar-refractivity contribution is 0.533. The summed E-state index contributed by atoms with van der Waals surface area (Å²) in [6.45, 7) is 5.14. The summed E-state index contributed by atoms with van der Waals surface area (Å²) >= 11 is 0. The Bertz CT molecular complexity index is 555. The van der Waals surface area contributed by atoms with Crippen molar-refractivity contribution in [3.63, 3.8) is 0 Å². The highest BCUT2D eigenvalue weighted by atomic mass is 15.2. The Morgan fingerprint density at radius 2 is 2.19 bits per heavy atom. The molecular formula is C17H24N4. The Hall–Kier alpha value is -1.76. The van der Waals surface area contributed by atoms with Crippen LogP contribution in [-0.4, -0.2) is 31.7 Å². The van der Waals surface area contributed by atoms with Crippen LogP contribution in [0.3, 0.4) is 0 Å². The van der Waals surface area contributed by atoms with E-state index in [-0.39, 0.29) is 0 Å². The van der Waals surface area contributed by atoms with E-state index < -0.39 is 0 Å². The molecule has 0 unspecified atom stereocenters. The maximum atomic E-state index is 9.51. The van der Waals surface area contributed by atoms with Gasteiger partial charge in [0.25, 0.3) is 0 Å². The molecule has 21 heavy (non-hydrogen) atoms. The lowest BCUT2D eigenvalue weighted by Crippen LogP contribution is -2.30. The molecule has 0 saturated heterocycles. The number of likely N-dealkylation sites (N-methyl/N-ethyl adjacent to an activating group) is 1.